The Kier molecular flexibility index (Phi) is 9.65. The average Bonchev–Trinajstić information content (AvgIpc) is 2.72. The molecule has 0 aliphatic rings. The van der Waals surface area contributed by atoms with E-state index in [2.05, 4.69) is 39.7 Å². The number of guanidine groups is 1. The molecule has 0 saturated heterocycles. The Morgan fingerprint density at radius 2 is 2.00 bits per heavy atom. The first kappa shape index (κ1) is 21.5. The molecule has 0 aliphatic heterocycles. The lowest BCUT2D eigenvalue weighted by Crippen LogP contribution is -2.39. The minimum absolute atomic E-state index is 0.517. The number of ether oxygens (including phenoxy) is 3. The SMILES string of the molecule is CCOCCOc1cc(C)ccc1CNC(=NC)NCCOc1cccnc1. The third kappa shape index (κ3) is 7.84. The highest BCUT2D eigenvalue weighted by molar-refractivity contribution is 5.79. The number of hydrogen-bond donors (Lipinski definition) is 2. The predicted molar refractivity (Wildman–Crippen MR) is 111 cm³/mol. The van der Waals surface area contributed by atoms with Crippen LogP contribution in [0.4, 0.5) is 0 Å². The Balaban J connectivity index is 1.78. The fourth-order valence-electron chi connectivity index (χ4n) is 2.47. The van der Waals surface area contributed by atoms with Gasteiger partial charge in [0.05, 0.1) is 19.3 Å². The number of aromatic nitrogens is 1. The molecule has 0 aliphatic carbocycles. The molecule has 2 aromatic rings. The smallest absolute Gasteiger partial charge is 0.191 e. The summed E-state index contributed by atoms with van der Waals surface area (Å²) in [6.07, 6.45) is 3.41. The zero-order valence-corrected chi connectivity index (χ0v) is 16.9. The van der Waals surface area contributed by atoms with Gasteiger partial charge >= 0.3 is 0 Å². The molecule has 0 saturated carbocycles. The first-order valence-electron chi connectivity index (χ1n) is 9.50. The van der Waals surface area contributed by atoms with Gasteiger partial charge in [-0.25, -0.2) is 0 Å². The third-order valence-electron chi connectivity index (χ3n) is 3.88. The van der Waals surface area contributed by atoms with Crippen LogP contribution in [0.3, 0.4) is 0 Å². The molecule has 0 unspecified atom stereocenters. The van der Waals surface area contributed by atoms with Crippen molar-refractivity contribution in [1.82, 2.24) is 15.6 Å². The predicted octanol–water partition coefficient (Wildman–Crippen LogP) is 2.55. The lowest BCUT2D eigenvalue weighted by molar-refractivity contribution is 0.110. The minimum Gasteiger partial charge on any atom is -0.491 e. The van der Waals surface area contributed by atoms with Crippen LogP contribution in [-0.4, -0.2) is 51.0 Å². The average molecular weight is 386 g/mol. The first-order valence-corrected chi connectivity index (χ1v) is 9.50. The van der Waals surface area contributed by atoms with E-state index in [1.807, 2.05) is 25.1 Å². The molecule has 1 aromatic heterocycles. The van der Waals surface area contributed by atoms with E-state index in [9.17, 15) is 0 Å². The van der Waals surface area contributed by atoms with Gasteiger partial charge < -0.3 is 24.8 Å². The minimum atomic E-state index is 0.517. The summed E-state index contributed by atoms with van der Waals surface area (Å²) in [5.74, 6) is 2.32. The van der Waals surface area contributed by atoms with Crippen LogP contribution in [0.5, 0.6) is 11.5 Å². The summed E-state index contributed by atoms with van der Waals surface area (Å²) in [6, 6.07) is 9.91. The summed E-state index contributed by atoms with van der Waals surface area (Å²) >= 11 is 0. The molecule has 0 radical (unpaired) electrons. The van der Waals surface area contributed by atoms with Gasteiger partial charge in [0.25, 0.3) is 0 Å². The summed E-state index contributed by atoms with van der Waals surface area (Å²) in [7, 11) is 1.74. The Morgan fingerprint density at radius 1 is 1.11 bits per heavy atom. The van der Waals surface area contributed by atoms with Crippen LogP contribution in [0.2, 0.25) is 0 Å². The standard InChI is InChI=1S/C21H30N4O3/c1-4-26-12-13-28-20-14-17(2)7-8-18(20)15-25-21(22-3)24-10-11-27-19-6-5-9-23-16-19/h5-9,14,16H,4,10-13,15H2,1-3H3,(H2,22,24,25). The fraction of sp³-hybridized carbons (Fsp3) is 0.429. The van der Waals surface area contributed by atoms with Crippen molar-refractivity contribution in [1.29, 1.82) is 0 Å². The maximum absolute atomic E-state index is 5.88. The maximum atomic E-state index is 5.88. The van der Waals surface area contributed by atoms with E-state index in [0.717, 1.165) is 22.6 Å². The van der Waals surface area contributed by atoms with Crippen molar-refractivity contribution >= 4 is 5.96 Å². The van der Waals surface area contributed by atoms with E-state index in [0.29, 0.717) is 45.5 Å². The van der Waals surface area contributed by atoms with Crippen LogP contribution < -0.4 is 20.1 Å². The first-order chi connectivity index (χ1) is 13.7. The highest BCUT2D eigenvalue weighted by Gasteiger charge is 2.06. The number of rotatable bonds is 11. The summed E-state index contributed by atoms with van der Waals surface area (Å²) in [5.41, 5.74) is 2.22. The number of aliphatic imine (C=N–C) groups is 1. The molecule has 0 fully saturated rings. The normalized spacial score (nSPS) is 11.2. The summed E-state index contributed by atoms with van der Waals surface area (Å²) < 4.78 is 16.8. The van der Waals surface area contributed by atoms with E-state index in [1.165, 1.54) is 0 Å². The van der Waals surface area contributed by atoms with Crippen LogP contribution in [0.25, 0.3) is 0 Å². The molecule has 152 valence electrons. The number of aryl methyl sites for hydroxylation is 1. The number of nitrogens with one attached hydrogen (secondary N) is 2. The van der Waals surface area contributed by atoms with Crippen LogP contribution in [0.1, 0.15) is 18.1 Å². The second-order valence-electron chi connectivity index (χ2n) is 6.05. The highest BCUT2D eigenvalue weighted by atomic mass is 16.5. The van der Waals surface area contributed by atoms with Gasteiger partial charge in [0.2, 0.25) is 0 Å². The molecule has 7 heteroatoms. The van der Waals surface area contributed by atoms with E-state index in [1.54, 1.807) is 19.4 Å². The molecule has 0 spiro atoms. The van der Waals surface area contributed by atoms with Crippen LogP contribution in [-0.2, 0) is 11.3 Å². The van der Waals surface area contributed by atoms with Gasteiger partial charge in [-0.05, 0) is 37.6 Å². The molecule has 1 heterocycles. The van der Waals surface area contributed by atoms with Crippen molar-refractivity contribution in [2.24, 2.45) is 4.99 Å². The molecule has 1 aromatic carbocycles. The van der Waals surface area contributed by atoms with E-state index < -0.39 is 0 Å². The Morgan fingerprint density at radius 3 is 2.75 bits per heavy atom. The maximum Gasteiger partial charge on any atom is 0.191 e. The molecule has 7 nitrogen and oxygen atoms in total. The van der Waals surface area contributed by atoms with Gasteiger partial charge in [-0.3, -0.25) is 9.98 Å². The molecule has 2 rings (SSSR count). The monoisotopic (exact) mass is 386 g/mol. The van der Waals surface area contributed by atoms with Crippen molar-refractivity contribution in [2.45, 2.75) is 20.4 Å². The topological polar surface area (TPSA) is 77.0 Å². The van der Waals surface area contributed by atoms with Crippen molar-refractivity contribution in [3.8, 4) is 11.5 Å². The van der Waals surface area contributed by atoms with Crippen molar-refractivity contribution in [2.75, 3.05) is 40.0 Å². The molecule has 0 amide bonds. The Hall–Kier alpha value is -2.80. The highest BCUT2D eigenvalue weighted by Crippen LogP contribution is 2.20. The quantitative estimate of drug-likeness (QED) is 0.351. The van der Waals surface area contributed by atoms with Crippen LogP contribution >= 0.6 is 0 Å². The number of benzene rings is 1. The Labute approximate surface area is 167 Å². The van der Waals surface area contributed by atoms with Gasteiger partial charge in [0, 0.05) is 32.0 Å². The molecule has 28 heavy (non-hydrogen) atoms. The van der Waals surface area contributed by atoms with Crippen molar-refractivity contribution in [3.63, 3.8) is 0 Å². The third-order valence-corrected chi connectivity index (χ3v) is 3.88. The largest absolute Gasteiger partial charge is 0.491 e. The van der Waals surface area contributed by atoms with Crippen LogP contribution in [0, 0.1) is 6.92 Å². The van der Waals surface area contributed by atoms with E-state index >= 15 is 0 Å². The van der Waals surface area contributed by atoms with Crippen molar-refractivity contribution in [3.05, 3.63) is 53.9 Å². The summed E-state index contributed by atoms with van der Waals surface area (Å²) in [5, 5.41) is 6.54. The second kappa shape index (κ2) is 12.6. The molecule has 0 atom stereocenters. The molecule has 0 bridgehead atoms. The van der Waals surface area contributed by atoms with Crippen molar-refractivity contribution < 1.29 is 14.2 Å². The lowest BCUT2D eigenvalue weighted by atomic mass is 10.1. The Bertz CT molecular complexity index is 723. The summed E-state index contributed by atoms with van der Waals surface area (Å²) in [6.45, 7) is 7.58. The zero-order chi connectivity index (χ0) is 20.0. The second-order valence-corrected chi connectivity index (χ2v) is 6.05. The zero-order valence-electron chi connectivity index (χ0n) is 16.9. The van der Waals surface area contributed by atoms with Gasteiger partial charge in [0.1, 0.15) is 24.7 Å². The molecule has 2 N–H and O–H groups in total. The summed E-state index contributed by atoms with van der Waals surface area (Å²) in [4.78, 5) is 8.27. The number of pyridine rings is 1. The van der Waals surface area contributed by atoms with Gasteiger partial charge in [-0.1, -0.05) is 12.1 Å². The van der Waals surface area contributed by atoms with E-state index in [-0.39, 0.29) is 0 Å². The number of hydrogen-bond acceptors (Lipinski definition) is 5. The fourth-order valence-corrected chi connectivity index (χ4v) is 2.47. The number of nitrogens with zero attached hydrogens (tertiary/aromatic N) is 2. The van der Waals surface area contributed by atoms with Gasteiger partial charge in [-0.15, -0.1) is 0 Å². The van der Waals surface area contributed by atoms with Gasteiger partial charge in [-0.2, -0.15) is 0 Å². The van der Waals surface area contributed by atoms with Crippen LogP contribution in [0.15, 0.2) is 47.7 Å². The molecular formula is C21H30N4O3. The van der Waals surface area contributed by atoms with Gasteiger partial charge in [0.15, 0.2) is 5.96 Å². The lowest BCUT2D eigenvalue weighted by Gasteiger charge is -2.15. The molecular weight excluding hydrogens is 356 g/mol. The van der Waals surface area contributed by atoms with E-state index in [4.69, 9.17) is 14.2 Å².